The highest BCUT2D eigenvalue weighted by molar-refractivity contribution is 5.87. The Hall–Kier alpha value is -1.63. The van der Waals surface area contributed by atoms with Gasteiger partial charge in [-0.25, -0.2) is 0 Å². The maximum absolute atomic E-state index is 12.4. The van der Waals surface area contributed by atoms with E-state index in [-0.39, 0.29) is 31.0 Å². The first-order valence-electron chi connectivity index (χ1n) is 6.57. The van der Waals surface area contributed by atoms with Crippen molar-refractivity contribution in [2.24, 2.45) is 5.92 Å². The summed E-state index contributed by atoms with van der Waals surface area (Å²) in [7, 11) is 2.47. The molecular weight excluding hydrogens is 266 g/mol. The molecule has 0 aromatic rings. The second-order valence-electron chi connectivity index (χ2n) is 4.56. The molecule has 0 spiro atoms. The number of rotatable bonds is 6. The van der Waals surface area contributed by atoms with Crippen LogP contribution in [0.5, 0.6) is 0 Å². The van der Waals surface area contributed by atoms with Gasteiger partial charge in [-0.05, 0) is 12.8 Å². The molecule has 0 aliphatic carbocycles. The highest BCUT2D eigenvalue weighted by Gasteiger charge is 2.36. The van der Waals surface area contributed by atoms with Crippen LogP contribution in [-0.4, -0.2) is 62.8 Å². The lowest BCUT2D eigenvalue weighted by Crippen LogP contribution is -2.45. The fourth-order valence-electron chi connectivity index (χ4n) is 2.22. The summed E-state index contributed by atoms with van der Waals surface area (Å²) in [5.41, 5.74) is 0. The number of methoxy groups -OCH3 is 2. The zero-order valence-electron chi connectivity index (χ0n) is 12.1. The van der Waals surface area contributed by atoms with Crippen LogP contribution in [0.1, 0.15) is 19.8 Å². The van der Waals surface area contributed by atoms with Gasteiger partial charge in [0.25, 0.3) is 0 Å². The number of hydrogen-bond acceptors (Lipinski definition) is 6. The lowest BCUT2D eigenvalue weighted by molar-refractivity contribution is -0.154. The van der Waals surface area contributed by atoms with Gasteiger partial charge in [0.05, 0.1) is 26.2 Å². The van der Waals surface area contributed by atoms with Crippen molar-refractivity contribution in [2.75, 3.05) is 33.9 Å². The summed E-state index contributed by atoms with van der Waals surface area (Å²) in [6.45, 7) is 1.91. The predicted molar refractivity (Wildman–Crippen MR) is 68.8 cm³/mol. The molecule has 1 aliphatic heterocycles. The van der Waals surface area contributed by atoms with Crippen molar-refractivity contribution in [1.29, 1.82) is 0 Å². The molecule has 2 unspecified atom stereocenters. The van der Waals surface area contributed by atoms with Gasteiger partial charge >= 0.3 is 11.9 Å². The van der Waals surface area contributed by atoms with Gasteiger partial charge in [0.15, 0.2) is 0 Å². The molecule has 20 heavy (non-hydrogen) atoms. The monoisotopic (exact) mass is 287 g/mol. The van der Waals surface area contributed by atoms with E-state index in [0.717, 1.165) is 0 Å². The number of amides is 1. The smallest absolute Gasteiger partial charge is 0.325 e. The second kappa shape index (κ2) is 7.84. The normalized spacial score (nSPS) is 21.4. The highest BCUT2D eigenvalue weighted by atomic mass is 16.5. The molecule has 7 nitrogen and oxygen atoms in total. The molecule has 1 saturated heterocycles. The van der Waals surface area contributed by atoms with E-state index < -0.39 is 11.9 Å². The van der Waals surface area contributed by atoms with Gasteiger partial charge in [-0.2, -0.15) is 0 Å². The molecule has 0 radical (unpaired) electrons. The molecule has 0 bridgehead atoms. The molecular formula is C13H21NO6. The Bertz CT molecular complexity index is 352. The van der Waals surface area contributed by atoms with Crippen molar-refractivity contribution in [3.8, 4) is 0 Å². The quantitative estimate of drug-likeness (QED) is 0.638. The molecule has 0 N–H and O–H groups in total. The summed E-state index contributed by atoms with van der Waals surface area (Å²) in [6, 6.07) is 0. The zero-order chi connectivity index (χ0) is 15.1. The van der Waals surface area contributed by atoms with Gasteiger partial charge < -0.3 is 19.1 Å². The molecule has 1 amide bonds. The number of nitrogens with zero attached hydrogens (tertiary/aromatic N) is 1. The van der Waals surface area contributed by atoms with E-state index in [4.69, 9.17) is 4.74 Å². The first kappa shape index (κ1) is 16.4. The Morgan fingerprint density at radius 2 is 1.70 bits per heavy atom. The minimum absolute atomic E-state index is 0.166. The average molecular weight is 287 g/mol. The molecule has 2 atom stereocenters. The highest BCUT2D eigenvalue weighted by Crippen LogP contribution is 2.25. The largest absolute Gasteiger partial charge is 0.468 e. The van der Waals surface area contributed by atoms with Crippen molar-refractivity contribution in [1.82, 2.24) is 4.90 Å². The van der Waals surface area contributed by atoms with E-state index in [2.05, 4.69) is 9.47 Å². The van der Waals surface area contributed by atoms with Gasteiger partial charge in [-0.3, -0.25) is 14.4 Å². The van der Waals surface area contributed by atoms with Crippen molar-refractivity contribution >= 4 is 17.8 Å². The van der Waals surface area contributed by atoms with Crippen LogP contribution in [0.15, 0.2) is 0 Å². The third kappa shape index (κ3) is 4.19. The number of carbonyl (C=O) groups excluding carboxylic acids is 3. The lowest BCUT2D eigenvalue weighted by atomic mass is 9.98. The van der Waals surface area contributed by atoms with E-state index in [0.29, 0.717) is 19.4 Å². The Morgan fingerprint density at radius 1 is 1.15 bits per heavy atom. The lowest BCUT2D eigenvalue weighted by Gasteiger charge is -2.25. The van der Waals surface area contributed by atoms with Crippen molar-refractivity contribution in [2.45, 2.75) is 25.9 Å². The second-order valence-corrected chi connectivity index (χ2v) is 4.56. The van der Waals surface area contributed by atoms with Crippen LogP contribution in [0.4, 0.5) is 0 Å². The van der Waals surface area contributed by atoms with E-state index in [1.165, 1.54) is 19.1 Å². The van der Waals surface area contributed by atoms with Gasteiger partial charge in [0.1, 0.15) is 13.1 Å². The molecule has 0 aromatic carbocycles. The van der Waals surface area contributed by atoms with Gasteiger partial charge in [0.2, 0.25) is 5.91 Å². The van der Waals surface area contributed by atoms with Crippen LogP contribution < -0.4 is 0 Å². The minimum Gasteiger partial charge on any atom is -0.468 e. The van der Waals surface area contributed by atoms with E-state index in [1.54, 1.807) is 0 Å². The Labute approximate surface area is 118 Å². The third-order valence-corrected chi connectivity index (χ3v) is 3.34. The van der Waals surface area contributed by atoms with Crippen molar-refractivity contribution in [3.05, 3.63) is 0 Å². The van der Waals surface area contributed by atoms with Crippen LogP contribution >= 0.6 is 0 Å². The summed E-state index contributed by atoms with van der Waals surface area (Å²) in [5.74, 6) is -1.75. The Balaban J connectivity index is 2.77. The fourth-order valence-corrected chi connectivity index (χ4v) is 2.22. The Morgan fingerprint density at radius 3 is 2.15 bits per heavy atom. The van der Waals surface area contributed by atoms with Crippen LogP contribution in [-0.2, 0) is 28.6 Å². The number of ether oxygens (including phenoxy) is 3. The summed E-state index contributed by atoms with van der Waals surface area (Å²) >= 11 is 0. The van der Waals surface area contributed by atoms with Crippen molar-refractivity contribution in [3.63, 3.8) is 0 Å². The zero-order valence-corrected chi connectivity index (χ0v) is 12.1. The van der Waals surface area contributed by atoms with Gasteiger partial charge in [0, 0.05) is 6.61 Å². The number of esters is 2. The van der Waals surface area contributed by atoms with E-state index >= 15 is 0 Å². The summed E-state index contributed by atoms with van der Waals surface area (Å²) in [6.07, 6.45) is 1.14. The summed E-state index contributed by atoms with van der Waals surface area (Å²) < 4.78 is 14.6. The van der Waals surface area contributed by atoms with Crippen LogP contribution in [0.3, 0.4) is 0 Å². The summed E-state index contributed by atoms with van der Waals surface area (Å²) in [4.78, 5) is 36.3. The molecule has 1 heterocycles. The van der Waals surface area contributed by atoms with Crippen LogP contribution in [0.25, 0.3) is 0 Å². The van der Waals surface area contributed by atoms with E-state index in [1.807, 2.05) is 6.92 Å². The molecule has 7 heteroatoms. The Kier molecular flexibility index (Phi) is 6.44. The first-order chi connectivity index (χ1) is 9.53. The SMILES string of the molecule is CCC1OCCC1C(=O)N(CC(=O)OC)CC(=O)OC. The topological polar surface area (TPSA) is 82.1 Å². The molecule has 114 valence electrons. The fraction of sp³-hybridized carbons (Fsp3) is 0.769. The predicted octanol–water partition coefficient (Wildman–Crippen LogP) is -0.0239. The molecule has 0 saturated carbocycles. The molecule has 0 aromatic heterocycles. The molecule has 1 aliphatic rings. The first-order valence-corrected chi connectivity index (χ1v) is 6.57. The van der Waals surface area contributed by atoms with Crippen LogP contribution in [0, 0.1) is 5.92 Å². The molecule has 1 fully saturated rings. The maximum Gasteiger partial charge on any atom is 0.325 e. The summed E-state index contributed by atoms with van der Waals surface area (Å²) in [5, 5.41) is 0. The number of carbonyl (C=O) groups is 3. The standard InChI is InChI=1S/C13H21NO6/c1-4-10-9(5-6-20-10)13(17)14(7-11(15)18-2)8-12(16)19-3/h9-10H,4-8H2,1-3H3. The maximum atomic E-state index is 12.4. The van der Waals surface area contributed by atoms with Crippen molar-refractivity contribution < 1.29 is 28.6 Å². The van der Waals surface area contributed by atoms with E-state index in [9.17, 15) is 14.4 Å². The average Bonchev–Trinajstić information content (AvgIpc) is 2.93. The minimum atomic E-state index is -0.575. The van der Waals surface area contributed by atoms with Crippen LogP contribution in [0.2, 0.25) is 0 Å². The third-order valence-electron chi connectivity index (χ3n) is 3.34. The van der Waals surface area contributed by atoms with Gasteiger partial charge in [-0.15, -0.1) is 0 Å². The number of hydrogen-bond donors (Lipinski definition) is 0. The molecule has 1 rings (SSSR count). The van der Waals surface area contributed by atoms with Gasteiger partial charge in [-0.1, -0.05) is 6.92 Å².